The van der Waals surface area contributed by atoms with Crippen molar-refractivity contribution in [1.82, 2.24) is 5.32 Å². The van der Waals surface area contributed by atoms with Crippen LogP contribution >= 0.6 is 0 Å². The fourth-order valence-corrected chi connectivity index (χ4v) is 2.30. The van der Waals surface area contributed by atoms with E-state index in [1.54, 1.807) is 24.3 Å². The topological polar surface area (TPSA) is 61.4 Å². The van der Waals surface area contributed by atoms with Gasteiger partial charge in [-0.25, -0.2) is 0 Å². The second-order valence-electron chi connectivity index (χ2n) is 6.08. The van der Waals surface area contributed by atoms with Crippen molar-refractivity contribution in [2.45, 2.75) is 19.8 Å². The number of rotatable bonds is 7. The minimum atomic E-state index is -0.199. The number of amides is 2. The second-order valence-corrected chi connectivity index (χ2v) is 6.08. The van der Waals surface area contributed by atoms with Crippen LogP contribution in [0.15, 0.2) is 48.5 Å². The van der Waals surface area contributed by atoms with Crippen molar-refractivity contribution in [1.29, 1.82) is 0 Å². The van der Waals surface area contributed by atoms with Gasteiger partial charge in [0.1, 0.15) is 0 Å². The van der Waals surface area contributed by atoms with E-state index in [2.05, 4.69) is 17.6 Å². The van der Waals surface area contributed by atoms with Crippen molar-refractivity contribution >= 4 is 23.2 Å². The molecule has 0 fully saturated rings. The maximum atomic E-state index is 12.3. The molecule has 0 unspecified atom stereocenters. The third-order valence-electron chi connectivity index (χ3n) is 3.87. The molecule has 0 saturated heterocycles. The fourth-order valence-electron chi connectivity index (χ4n) is 2.30. The molecule has 0 aliphatic heterocycles. The predicted molar refractivity (Wildman–Crippen MR) is 102 cm³/mol. The first-order valence-corrected chi connectivity index (χ1v) is 8.48. The number of carbonyl (C=O) groups excluding carboxylic acids is 2. The van der Waals surface area contributed by atoms with Crippen molar-refractivity contribution < 1.29 is 9.59 Å². The Morgan fingerprint density at radius 2 is 1.44 bits per heavy atom. The third-order valence-corrected chi connectivity index (χ3v) is 3.87. The van der Waals surface area contributed by atoms with Crippen LogP contribution in [-0.4, -0.2) is 32.5 Å². The fraction of sp³-hybridized carbons (Fsp3) is 0.300. The highest BCUT2D eigenvalue weighted by molar-refractivity contribution is 6.05. The standard InChI is InChI=1S/C20H25N3O2/c1-4-5-14-21-19(24)15-6-8-16(9-7-15)20(25)22-17-10-12-18(13-11-17)23(2)3/h6-13H,4-5,14H2,1-3H3,(H,21,24)(H,22,25). The predicted octanol–water partition coefficient (Wildman–Crippen LogP) is 3.53. The van der Waals surface area contributed by atoms with Crippen LogP contribution in [0.4, 0.5) is 11.4 Å². The number of hydrogen-bond donors (Lipinski definition) is 2. The average Bonchev–Trinajstić information content (AvgIpc) is 2.62. The van der Waals surface area contributed by atoms with Crippen LogP contribution in [0.25, 0.3) is 0 Å². The van der Waals surface area contributed by atoms with Crippen LogP contribution in [0, 0.1) is 0 Å². The summed E-state index contributed by atoms with van der Waals surface area (Å²) in [7, 11) is 3.93. The van der Waals surface area contributed by atoms with Gasteiger partial charge in [0.25, 0.3) is 11.8 Å². The molecule has 2 N–H and O–H groups in total. The lowest BCUT2D eigenvalue weighted by Gasteiger charge is -2.13. The molecule has 0 saturated carbocycles. The second kappa shape index (κ2) is 8.87. The molecule has 2 rings (SSSR count). The van der Waals surface area contributed by atoms with Gasteiger partial charge >= 0.3 is 0 Å². The first-order chi connectivity index (χ1) is 12.0. The molecule has 0 aliphatic rings. The Hall–Kier alpha value is -2.82. The lowest BCUT2D eigenvalue weighted by atomic mass is 10.1. The van der Waals surface area contributed by atoms with Crippen molar-refractivity contribution in [3.63, 3.8) is 0 Å². The SMILES string of the molecule is CCCCNC(=O)c1ccc(C(=O)Nc2ccc(N(C)C)cc2)cc1. The highest BCUT2D eigenvalue weighted by atomic mass is 16.2. The van der Waals surface area contributed by atoms with Gasteiger partial charge in [-0.15, -0.1) is 0 Å². The van der Waals surface area contributed by atoms with Crippen LogP contribution in [0.1, 0.15) is 40.5 Å². The lowest BCUT2D eigenvalue weighted by Crippen LogP contribution is -2.24. The molecule has 5 nitrogen and oxygen atoms in total. The Kier molecular flexibility index (Phi) is 6.57. The summed E-state index contributed by atoms with van der Waals surface area (Å²) in [5.74, 6) is -0.310. The van der Waals surface area contributed by atoms with Crippen LogP contribution in [-0.2, 0) is 0 Å². The van der Waals surface area contributed by atoms with E-state index in [1.165, 1.54) is 0 Å². The quantitative estimate of drug-likeness (QED) is 0.759. The number of nitrogens with zero attached hydrogens (tertiary/aromatic N) is 1. The molecule has 0 aromatic heterocycles. The number of benzene rings is 2. The summed E-state index contributed by atoms with van der Waals surface area (Å²) < 4.78 is 0. The molecule has 0 radical (unpaired) electrons. The monoisotopic (exact) mass is 339 g/mol. The number of carbonyl (C=O) groups is 2. The van der Waals surface area contributed by atoms with Gasteiger partial charge in [-0.3, -0.25) is 9.59 Å². The van der Waals surface area contributed by atoms with E-state index in [9.17, 15) is 9.59 Å². The van der Waals surface area contributed by atoms with Gasteiger partial charge in [-0.2, -0.15) is 0 Å². The van der Waals surface area contributed by atoms with Gasteiger partial charge in [0.2, 0.25) is 0 Å². The van der Waals surface area contributed by atoms with Crippen molar-refractivity contribution in [2.75, 3.05) is 30.9 Å². The molecule has 25 heavy (non-hydrogen) atoms. The Morgan fingerprint density at radius 3 is 1.96 bits per heavy atom. The summed E-state index contributed by atoms with van der Waals surface area (Å²) in [5, 5.41) is 5.72. The lowest BCUT2D eigenvalue weighted by molar-refractivity contribution is 0.0951. The molecular weight excluding hydrogens is 314 g/mol. The Morgan fingerprint density at radius 1 is 0.880 bits per heavy atom. The van der Waals surface area contributed by atoms with Gasteiger partial charge < -0.3 is 15.5 Å². The third kappa shape index (κ3) is 5.35. The van der Waals surface area contributed by atoms with Gasteiger partial charge in [-0.1, -0.05) is 13.3 Å². The average molecular weight is 339 g/mol. The van der Waals surface area contributed by atoms with Crippen molar-refractivity contribution in [3.8, 4) is 0 Å². The number of nitrogens with one attached hydrogen (secondary N) is 2. The van der Waals surface area contributed by atoms with Crippen molar-refractivity contribution in [2.24, 2.45) is 0 Å². The zero-order valence-corrected chi connectivity index (χ0v) is 15.0. The number of anilines is 2. The van der Waals surface area contributed by atoms with Crippen LogP contribution < -0.4 is 15.5 Å². The normalized spacial score (nSPS) is 10.2. The molecule has 0 atom stereocenters. The maximum Gasteiger partial charge on any atom is 0.255 e. The van der Waals surface area contributed by atoms with Gasteiger partial charge in [0.05, 0.1) is 0 Å². The highest BCUT2D eigenvalue weighted by Gasteiger charge is 2.09. The van der Waals surface area contributed by atoms with Gasteiger partial charge in [0, 0.05) is 43.1 Å². The molecule has 5 heteroatoms. The largest absolute Gasteiger partial charge is 0.378 e. The molecule has 0 bridgehead atoms. The molecule has 132 valence electrons. The maximum absolute atomic E-state index is 12.3. The number of unbranched alkanes of at least 4 members (excludes halogenated alkanes) is 1. The molecule has 2 aromatic rings. The molecule has 0 spiro atoms. The van der Waals surface area contributed by atoms with Gasteiger partial charge in [0.15, 0.2) is 0 Å². The summed E-state index contributed by atoms with van der Waals surface area (Å²) in [6, 6.07) is 14.3. The van der Waals surface area contributed by atoms with Crippen molar-refractivity contribution in [3.05, 3.63) is 59.7 Å². The Labute approximate surface area is 149 Å². The zero-order chi connectivity index (χ0) is 18.2. The molecular formula is C20H25N3O2. The van der Waals surface area contributed by atoms with Crippen LogP contribution in [0.2, 0.25) is 0 Å². The van der Waals surface area contributed by atoms with E-state index in [0.29, 0.717) is 17.7 Å². The molecule has 0 aliphatic carbocycles. The highest BCUT2D eigenvalue weighted by Crippen LogP contribution is 2.16. The summed E-state index contributed by atoms with van der Waals surface area (Å²) >= 11 is 0. The summed E-state index contributed by atoms with van der Waals surface area (Å²) in [5.41, 5.74) is 2.87. The minimum absolute atomic E-state index is 0.111. The molecule has 2 aromatic carbocycles. The zero-order valence-electron chi connectivity index (χ0n) is 15.0. The van der Waals surface area contributed by atoms with E-state index in [1.807, 2.05) is 43.3 Å². The van der Waals surface area contributed by atoms with Crippen LogP contribution in [0.3, 0.4) is 0 Å². The van der Waals surface area contributed by atoms with E-state index in [0.717, 1.165) is 24.2 Å². The van der Waals surface area contributed by atoms with E-state index in [4.69, 9.17) is 0 Å². The summed E-state index contributed by atoms with van der Waals surface area (Å²) in [6.07, 6.45) is 1.99. The van der Waals surface area contributed by atoms with E-state index in [-0.39, 0.29) is 11.8 Å². The molecule has 2 amide bonds. The van der Waals surface area contributed by atoms with Gasteiger partial charge in [-0.05, 0) is 55.0 Å². The minimum Gasteiger partial charge on any atom is -0.378 e. The summed E-state index contributed by atoms with van der Waals surface area (Å²) in [6.45, 7) is 2.74. The molecule has 0 heterocycles. The Bertz CT molecular complexity index is 707. The van der Waals surface area contributed by atoms with E-state index < -0.39 is 0 Å². The van der Waals surface area contributed by atoms with E-state index >= 15 is 0 Å². The Balaban J connectivity index is 1.96. The number of hydrogen-bond acceptors (Lipinski definition) is 3. The van der Waals surface area contributed by atoms with Crippen LogP contribution in [0.5, 0.6) is 0 Å². The smallest absolute Gasteiger partial charge is 0.255 e. The first kappa shape index (κ1) is 18.5. The first-order valence-electron chi connectivity index (χ1n) is 8.48. The summed E-state index contributed by atoms with van der Waals surface area (Å²) in [4.78, 5) is 26.3.